The van der Waals surface area contributed by atoms with Crippen molar-refractivity contribution in [3.05, 3.63) is 40.5 Å². The third kappa shape index (κ3) is 2.63. The van der Waals surface area contributed by atoms with Gasteiger partial charge in [-0.2, -0.15) is 5.10 Å². The molecule has 0 saturated carbocycles. The van der Waals surface area contributed by atoms with Crippen LogP contribution in [0, 0.1) is 0 Å². The van der Waals surface area contributed by atoms with Crippen LogP contribution >= 0.6 is 11.6 Å². The van der Waals surface area contributed by atoms with E-state index in [1.54, 1.807) is 0 Å². The van der Waals surface area contributed by atoms with E-state index >= 15 is 0 Å². The van der Waals surface area contributed by atoms with E-state index < -0.39 is 5.97 Å². The van der Waals surface area contributed by atoms with Crippen LogP contribution in [0.25, 0.3) is 11.3 Å². The number of carbonyl (C=O) groups is 1. The number of hydrogen-bond acceptors (Lipinski definition) is 2. The fourth-order valence-corrected chi connectivity index (χ4v) is 2.07. The quantitative estimate of drug-likeness (QED) is 0.880. The maximum Gasteiger partial charge on any atom is 0.341 e. The summed E-state index contributed by atoms with van der Waals surface area (Å²) in [6.45, 7) is 6.36. The van der Waals surface area contributed by atoms with Crippen molar-refractivity contribution in [1.29, 1.82) is 0 Å². The lowest BCUT2D eigenvalue weighted by atomic mass is 9.86. The Kier molecular flexibility index (Phi) is 3.37. The van der Waals surface area contributed by atoms with E-state index in [-0.39, 0.29) is 16.1 Å². The second-order valence-electron chi connectivity index (χ2n) is 5.39. The standard InChI is InChI=1S/C14H15ClN2O2/c1-14(2,3)9-6-4-8(5-7-9)11-10(13(18)19)12(15)17-16-11/h4-7H,1-3H3,(H,16,17)(H,18,19). The van der Waals surface area contributed by atoms with Gasteiger partial charge in [-0.3, -0.25) is 5.10 Å². The Hall–Kier alpha value is -1.81. The SMILES string of the molecule is CC(C)(C)c1ccc(-c2n[nH]c(Cl)c2C(=O)O)cc1. The number of H-pyrrole nitrogens is 1. The molecule has 0 atom stereocenters. The van der Waals surface area contributed by atoms with Crippen LogP contribution in [-0.2, 0) is 5.41 Å². The second-order valence-corrected chi connectivity index (χ2v) is 5.77. The summed E-state index contributed by atoms with van der Waals surface area (Å²) in [5, 5.41) is 15.6. The molecular formula is C14H15ClN2O2. The smallest absolute Gasteiger partial charge is 0.341 e. The molecule has 2 N–H and O–H groups in total. The molecule has 100 valence electrons. The molecule has 0 unspecified atom stereocenters. The summed E-state index contributed by atoms with van der Waals surface area (Å²) in [5.41, 5.74) is 2.32. The van der Waals surface area contributed by atoms with Crippen molar-refractivity contribution in [3.8, 4) is 11.3 Å². The third-order valence-corrected chi connectivity index (χ3v) is 3.23. The molecule has 2 aromatic rings. The summed E-state index contributed by atoms with van der Waals surface area (Å²) >= 11 is 5.79. The van der Waals surface area contributed by atoms with Gasteiger partial charge in [0.15, 0.2) is 0 Å². The van der Waals surface area contributed by atoms with Gasteiger partial charge in [0.2, 0.25) is 0 Å². The second kappa shape index (κ2) is 4.70. The highest BCUT2D eigenvalue weighted by Crippen LogP contribution is 2.29. The van der Waals surface area contributed by atoms with Gasteiger partial charge in [-0.25, -0.2) is 4.79 Å². The zero-order valence-corrected chi connectivity index (χ0v) is 11.7. The molecule has 1 aromatic carbocycles. The van der Waals surface area contributed by atoms with Gasteiger partial charge in [0.1, 0.15) is 16.4 Å². The summed E-state index contributed by atoms with van der Waals surface area (Å²) < 4.78 is 0. The zero-order chi connectivity index (χ0) is 14.2. The van der Waals surface area contributed by atoms with Crippen molar-refractivity contribution in [3.63, 3.8) is 0 Å². The Morgan fingerprint density at radius 1 is 1.26 bits per heavy atom. The molecule has 0 amide bonds. The Morgan fingerprint density at radius 3 is 2.32 bits per heavy atom. The van der Waals surface area contributed by atoms with Crippen molar-refractivity contribution < 1.29 is 9.90 Å². The molecule has 0 bridgehead atoms. The third-order valence-electron chi connectivity index (χ3n) is 2.96. The Bertz CT molecular complexity index is 609. The van der Waals surface area contributed by atoms with E-state index in [1.807, 2.05) is 24.3 Å². The predicted molar refractivity (Wildman–Crippen MR) is 74.7 cm³/mol. The first-order valence-electron chi connectivity index (χ1n) is 5.89. The van der Waals surface area contributed by atoms with Crippen LogP contribution in [0.15, 0.2) is 24.3 Å². The minimum atomic E-state index is -1.09. The van der Waals surface area contributed by atoms with E-state index in [4.69, 9.17) is 16.7 Å². The predicted octanol–water partition coefficient (Wildman–Crippen LogP) is 3.73. The van der Waals surface area contributed by atoms with Crippen LogP contribution in [0.4, 0.5) is 0 Å². The minimum absolute atomic E-state index is 0.00479. The molecule has 4 nitrogen and oxygen atoms in total. The van der Waals surface area contributed by atoms with Crippen LogP contribution in [0.5, 0.6) is 0 Å². The number of aromatic nitrogens is 2. The molecule has 0 aliphatic carbocycles. The van der Waals surface area contributed by atoms with Crippen molar-refractivity contribution in [1.82, 2.24) is 10.2 Å². The molecule has 0 radical (unpaired) electrons. The highest BCUT2D eigenvalue weighted by atomic mass is 35.5. The lowest BCUT2D eigenvalue weighted by Gasteiger charge is -2.18. The average Bonchev–Trinajstić information content (AvgIpc) is 2.70. The maximum atomic E-state index is 11.2. The Labute approximate surface area is 116 Å². The number of nitrogens with zero attached hydrogens (tertiary/aromatic N) is 1. The lowest BCUT2D eigenvalue weighted by Crippen LogP contribution is -2.10. The first-order valence-corrected chi connectivity index (χ1v) is 6.26. The number of aromatic carboxylic acids is 1. The molecule has 5 heteroatoms. The van der Waals surface area contributed by atoms with Gasteiger partial charge in [0.25, 0.3) is 0 Å². The maximum absolute atomic E-state index is 11.2. The lowest BCUT2D eigenvalue weighted by molar-refractivity contribution is 0.0698. The number of hydrogen-bond donors (Lipinski definition) is 2. The van der Waals surface area contributed by atoms with E-state index in [0.717, 1.165) is 5.56 Å². The molecule has 19 heavy (non-hydrogen) atoms. The fourth-order valence-electron chi connectivity index (χ4n) is 1.85. The summed E-state index contributed by atoms with van der Waals surface area (Å²) in [7, 11) is 0. The van der Waals surface area contributed by atoms with Crippen LogP contribution in [-0.4, -0.2) is 21.3 Å². The number of carboxylic acid groups (broad SMARTS) is 1. The van der Waals surface area contributed by atoms with Gasteiger partial charge >= 0.3 is 5.97 Å². The number of halogens is 1. The molecule has 0 aliphatic heterocycles. The van der Waals surface area contributed by atoms with Gasteiger partial charge in [0, 0.05) is 5.56 Å². The number of benzene rings is 1. The highest BCUT2D eigenvalue weighted by molar-refractivity contribution is 6.33. The molecule has 1 heterocycles. The first kappa shape index (κ1) is 13.6. The minimum Gasteiger partial charge on any atom is -0.478 e. The number of rotatable bonds is 2. The van der Waals surface area contributed by atoms with Crippen molar-refractivity contribution >= 4 is 17.6 Å². The van der Waals surface area contributed by atoms with E-state index in [9.17, 15) is 4.79 Å². The van der Waals surface area contributed by atoms with Gasteiger partial charge < -0.3 is 5.11 Å². The largest absolute Gasteiger partial charge is 0.478 e. The average molecular weight is 279 g/mol. The van der Waals surface area contributed by atoms with Gasteiger partial charge in [-0.05, 0) is 11.0 Å². The van der Waals surface area contributed by atoms with E-state index in [0.29, 0.717) is 5.69 Å². The Morgan fingerprint density at radius 2 is 1.84 bits per heavy atom. The fraction of sp³-hybridized carbons (Fsp3) is 0.286. The summed E-state index contributed by atoms with van der Waals surface area (Å²) in [4.78, 5) is 11.2. The molecule has 0 saturated heterocycles. The number of nitrogens with one attached hydrogen (secondary N) is 1. The topological polar surface area (TPSA) is 66.0 Å². The first-order chi connectivity index (χ1) is 8.80. The number of aromatic amines is 1. The zero-order valence-electron chi connectivity index (χ0n) is 11.0. The number of carboxylic acids is 1. The van der Waals surface area contributed by atoms with Gasteiger partial charge in [0.05, 0.1) is 0 Å². The summed E-state index contributed by atoms with van der Waals surface area (Å²) in [6, 6.07) is 7.67. The molecular weight excluding hydrogens is 264 g/mol. The highest BCUT2D eigenvalue weighted by Gasteiger charge is 2.20. The van der Waals surface area contributed by atoms with Crippen molar-refractivity contribution in [2.24, 2.45) is 0 Å². The molecule has 2 rings (SSSR count). The van der Waals surface area contributed by atoms with E-state index in [2.05, 4.69) is 31.0 Å². The van der Waals surface area contributed by atoms with Crippen molar-refractivity contribution in [2.45, 2.75) is 26.2 Å². The molecule has 0 aliphatic rings. The van der Waals surface area contributed by atoms with Crippen LogP contribution < -0.4 is 0 Å². The van der Waals surface area contributed by atoms with Gasteiger partial charge in [-0.15, -0.1) is 0 Å². The molecule has 0 spiro atoms. The summed E-state index contributed by atoms with van der Waals surface area (Å²) in [5.74, 6) is -1.09. The van der Waals surface area contributed by atoms with Crippen LogP contribution in [0.1, 0.15) is 36.7 Å². The molecule has 0 fully saturated rings. The van der Waals surface area contributed by atoms with E-state index in [1.165, 1.54) is 5.56 Å². The summed E-state index contributed by atoms with van der Waals surface area (Å²) in [6.07, 6.45) is 0. The molecule has 1 aromatic heterocycles. The monoisotopic (exact) mass is 278 g/mol. The van der Waals surface area contributed by atoms with Gasteiger partial charge in [-0.1, -0.05) is 56.6 Å². The van der Waals surface area contributed by atoms with Crippen LogP contribution in [0.2, 0.25) is 5.15 Å². The Balaban J connectivity index is 2.46. The van der Waals surface area contributed by atoms with Crippen molar-refractivity contribution in [2.75, 3.05) is 0 Å². The van der Waals surface area contributed by atoms with Crippen LogP contribution in [0.3, 0.4) is 0 Å². The normalized spacial score (nSPS) is 11.6.